The summed E-state index contributed by atoms with van der Waals surface area (Å²) in [4.78, 5) is 17.7. The van der Waals surface area contributed by atoms with E-state index in [4.69, 9.17) is 4.74 Å². The van der Waals surface area contributed by atoms with Gasteiger partial charge in [0.1, 0.15) is 5.75 Å². The fraction of sp³-hybridized carbons (Fsp3) is 0.500. The van der Waals surface area contributed by atoms with Gasteiger partial charge in [0.2, 0.25) is 0 Å². The van der Waals surface area contributed by atoms with E-state index in [9.17, 15) is 4.79 Å². The van der Waals surface area contributed by atoms with Gasteiger partial charge in [-0.2, -0.15) is 0 Å². The van der Waals surface area contributed by atoms with Crippen LogP contribution in [-0.4, -0.2) is 55.0 Å². The van der Waals surface area contributed by atoms with Gasteiger partial charge < -0.3 is 10.1 Å². The van der Waals surface area contributed by atoms with Crippen LogP contribution in [0, 0.1) is 0 Å². The molecule has 2 aromatic rings. The lowest BCUT2D eigenvalue weighted by Gasteiger charge is -2.28. The zero-order valence-electron chi connectivity index (χ0n) is 19.4. The maximum Gasteiger partial charge on any atom is 0.251 e. The summed E-state index contributed by atoms with van der Waals surface area (Å²) < 4.78 is 5.30. The fourth-order valence-electron chi connectivity index (χ4n) is 4.28. The van der Waals surface area contributed by atoms with Gasteiger partial charge in [-0.3, -0.25) is 14.6 Å². The van der Waals surface area contributed by atoms with E-state index in [2.05, 4.69) is 60.2 Å². The van der Waals surface area contributed by atoms with Gasteiger partial charge >= 0.3 is 0 Å². The van der Waals surface area contributed by atoms with Crippen LogP contribution in [0.15, 0.2) is 48.5 Å². The maximum absolute atomic E-state index is 12.8. The second-order valence-electron chi connectivity index (χ2n) is 8.60. The lowest BCUT2D eigenvalue weighted by atomic mass is 10.0. The minimum absolute atomic E-state index is 0.0135. The van der Waals surface area contributed by atoms with Crippen molar-refractivity contribution in [3.05, 3.63) is 65.2 Å². The van der Waals surface area contributed by atoms with Crippen molar-refractivity contribution < 1.29 is 9.53 Å². The molecule has 1 aliphatic heterocycles. The first-order chi connectivity index (χ1) is 15.0. The Hall–Kier alpha value is -2.37. The van der Waals surface area contributed by atoms with Crippen molar-refractivity contribution in [3.8, 4) is 5.75 Å². The maximum atomic E-state index is 12.8. The highest BCUT2D eigenvalue weighted by Gasteiger charge is 2.24. The van der Waals surface area contributed by atoms with Crippen molar-refractivity contribution in [2.45, 2.75) is 52.2 Å². The second kappa shape index (κ2) is 11.3. The van der Waals surface area contributed by atoms with Crippen molar-refractivity contribution in [2.24, 2.45) is 0 Å². The molecule has 31 heavy (non-hydrogen) atoms. The molecule has 1 heterocycles. The number of benzene rings is 2. The highest BCUT2D eigenvalue weighted by molar-refractivity contribution is 5.94. The average molecular weight is 424 g/mol. The monoisotopic (exact) mass is 423 g/mol. The molecule has 1 fully saturated rings. The Bertz CT molecular complexity index is 812. The van der Waals surface area contributed by atoms with Crippen molar-refractivity contribution in [3.63, 3.8) is 0 Å². The third kappa shape index (κ3) is 6.31. The van der Waals surface area contributed by atoms with Crippen LogP contribution in [0.5, 0.6) is 5.75 Å². The van der Waals surface area contributed by atoms with Crippen LogP contribution < -0.4 is 10.1 Å². The number of nitrogens with zero attached hydrogens (tertiary/aromatic N) is 2. The lowest BCUT2D eigenvalue weighted by molar-refractivity contribution is 0.0938. The summed E-state index contributed by atoms with van der Waals surface area (Å²) in [5.41, 5.74) is 3.17. The Labute approximate surface area is 187 Å². The molecule has 0 saturated carbocycles. The molecule has 1 unspecified atom stereocenters. The largest absolute Gasteiger partial charge is 0.497 e. The third-order valence-electron chi connectivity index (χ3n) is 6.28. The average Bonchev–Trinajstić information content (AvgIpc) is 3.32. The van der Waals surface area contributed by atoms with Gasteiger partial charge in [-0.05, 0) is 81.7 Å². The van der Waals surface area contributed by atoms with E-state index in [0.29, 0.717) is 18.2 Å². The zero-order chi connectivity index (χ0) is 22.2. The first kappa shape index (κ1) is 23.3. The van der Waals surface area contributed by atoms with Crippen LogP contribution in [0.25, 0.3) is 0 Å². The van der Waals surface area contributed by atoms with Crippen LogP contribution in [0.4, 0.5) is 0 Å². The Morgan fingerprint density at radius 2 is 1.71 bits per heavy atom. The Morgan fingerprint density at radius 1 is 1.06 bits per heavy atom. The van der Waals surface area contributed by atoms with Crippen LogP contribution in [-0.2, 0) is 6.54 Å². The molecule has 1 saturated heterocycles. The van der Waals surface area contributed by atoms with E-state index in [1.165, 1.54) is 24.0 Å². The van der Waals surface area contributed by atoms with Crippen LogP contribution >= 0.6 is 0 Å². The summed E-state index contributed by atoms with van der Waals surface area (Å²) in [6.45, 7) is 11.3. The number of methoxy groups -OCH3 is 1. The van der Waals surface area contributed by atoms with Gasteiger partial charge in [-0.1, -0.05) is 31.2 Å². The highest BCUT2D eigenvalue weighted by Crippen LogP contribution is 2.26. The van der Waals surface area contributed by atoms with E-state index >= 15 is 0 Å². The molecule has 1 aliphatic rings. The normalized spacial score (nSPS) is 15.4. The molecular formula is C26H37N3O2. The minimum Gasteiger partial charge on any atom is -0.497 e. The van der Waals surface area contributed by atoms with Gasteiger partial charge in [-0.15, -0.1) is 0 Å². The molecule has 2 aromatic carbocycles. The van der Waals surface area contributed by atoms with E-state index in [1.807, 2.05) is 24.3 Å². The number of ether oxygens (including phenoxy) is 1. The molecule has 0 aromatic heterocycles. The molecule has 0 bridgehead atoms. The number of hydrogen-bond donors (Lipinski definition) is 1. The standard InChI is InChI=1S/C26H37N3O2/c1-5-28(20(2)3)19-21-8-10-23(11-9-21)26(30)27-18-25(29-16-6-7-17-29)22-12-14-24(31-4)15-13-22/h8-15,20,25H,5-7,16-19H2,1-4H3,(H,27,30). The predicted molar refractivity (Wildman–Crippen MR) is 127 cm³/mol. The van der Waals surface area contributed by atoms with Gasteiger partial charge in [0.05, 0.1) is 13.2 Å². The Kier molecular flexibility index (Phi) is 8.50. The molecule has 0 radical (unpaired) electrons. The lowest BCUT2D eigenvalue weighted by Crippen LogP contribution is -2.36. The molecule has 3 rings (SSSR count). The number of carbonyl (C=O) groups is 1. The summed E-state index contributed by atoms with van der Waals surface area (Å²) in [5.74, 6) is 0.840. The smallest absolute Gasteiger partial charge is 0.251 e. The number of rotatable bonds is 10. The van der Waals surface area contributed by atoms with Crippen LogP contribution in [0.2, 0.25) is 0 Å². The molecular weight excluding hydrogens is 386 g/mol. The van der Waals surface area contributed by atoms with Crippen molar-refractivity contribution in [1.82, 2.24) is 15.1 Å². The number of amides is 1. The van der Waals surface area contributed by atoms with Crippen LogP contribution in [0.3, 0.4) is 0 Å². The molecule has 1 N–H and O–H groups in total. The molecule has 5 heteroatoms. The minimum atomic E-state index is -0.0135. The summed E-state index contributed by atoms with van der Waals surface area (Å²) in [6.07, 6.45) is 2.43. The van der Waals surface area contributed by atoms with Gasteiger partial charge in [0.25, 0.3) is 5.91 Å². The third-order valence-corrected chi connectivity index (χ3v) is 6.28. The summed E-state index contributed by atoms with van der Waals surface area (Å²) in [5, 5.41) is 3.17. The molecule has 5 nitrogen and oxygen atoms in total. The fourth-order valence-corrected chi connectivity index (χ4v) is 4.28. The first-order valence-corrected chi connectivity index (χ1v) is 11.5. The molecule has 0 spiro atoms. The molecule has 168 valence electrons. The van der Waals surface area contributed by atoms with Crippen molar-refractivity contribution >= 4 is 5.91 Å². The van der Waals surface area contributed by atoms with E-state index < -0.39 is 0 Å². The zero-order valence-corrected chi connectivity index (χ0v) is 19.4. The molecule has 1 amide bonds. The molecule has 0 aliphatic carbocycles. The highest BCUT2D eigenvalue weighted by atomic mass is 16.5. The topological polar surface area (TPSA) is 44.8 Å². The number of hydrogen-bond acceptors (Lipinski definition) is 4. The van der Waals surface area contributed by atoms with Gasteiger partial charge in [-0.25, -0.2) is 0 Å². The second-order valence-corrected chi connectivity index (χ2v) is 8.60. The molecule has 1 atom stereocenters. The van der Waals surface area contributed by atoms with Crippen molar-refractivity contribution in [1.29, 1.82) is 0 Å². The Balaban J connectivity index is 1.63. The van der Waals surface area contributed by atoms with E-state index in [-0.39, 0.29) is 11.9 Å². The van der Waals surface area contributed by atoms with E-state index in [0.717, 1.165) is 31.9 Å². The number of carbonyl (C=O) groups excluding carboxylic acids is 1. The number of nitrogens with one attached hydrogen (secondary N) is 1. The number of likely N-dealkylation sites (tertiary alicyclic amines) is 1. The quantitative estimate of drug-likeness (QED) is 0.611. The van der Waals surface area contributed by atoms with Gasteiger partial charge in [0.15, 0.2) is 0 Å². The summed E-state index contributed by atoms with van der Waals surface area (Å²) >= 11 is 0. The summed E-state index contributed by atoms with van der Waals surface area (Å²) in [7, 11) is 1.68. The first-order valence-electron chi connectivity index (χ1n) is 11.5. The van der Waals surface area contributed by atoms with Crippen molar-refractivity contribution in [2.75, 3.05) is 33.3 Å². The van der Waals surface area contributed by atoms with E-state index in [1.54, 1.807) is 7.11 Å². The van der Waals surface area contributed by atoms with Crippen LogP contribution in [0.1, 0.15) is 61.1 Å². The predicted octanol–water partition coefficient (Wildman–Crippen LogP) is 4.49. The SMILES string of the molecule is CCN(Cc1ccc(C(=O)NCC(c2ccc(OC)cc2)N2CCCC2)cc1)C(C)C. The summed E-state index contributed by atoms with van der Waals surface area (Å²) in [6, 6.07) is 16.9. The van der Waals surface area contributed by atoms with Gasteiger partial charge in [0, 0.05) is 24.7 Å². The Morgan fingerprint density at radius 3 is 2.26 bits per heavy atom.